The second-order valence-corrected chi connectivity index (χ2v) is 8.01. The van der Waals surface area contributed by atoms with Gasteiger partial charge in [-0.1, -0.05) is 35.9 Å². The van der Waals surface area contributed by atoms with Crippen molar-refractivity contribution in [3.05, 3.63) is 94.6 Å². The van der Waals surface area contributed by atoms with E-state index in [1.807, 2.05) is 17.0 Å². The van der Waals surface area contributed by atoms with Gasteiger partial charge in [0.25, 0.3) is 5.91 Å². The van der Waals surface area contributed by atoms with Gasteiger partial charge in [0.15, 0.2) is 0 Å². The Morgan fingerprint density at radius 1 is 1.07 bits per heavy atom. The minimum atomic E-state index is 0.0166. The average molecular weight is 386 g/mol. The van der Waals surface area contributed by atoms with Crippen LogP contribution in [0.25, 0.3) is 0 Å². The Hall–Kier alpha value is -3.01. The third-order valence-electron chi connectivity index (χ3n) is 5.53. The van der Waals surface area contributed by atoms with Crippen LogP contribution in [0.1, 0.15) is 57.3 Å². The molecule has 3 heterocycles. The summed E-state index contributed by atoms with van der Waals surface area (Å²) in [5, 5.41) is 0. The van der Waals surface area contributed by atoms with E-state index in [1.54, 1.807) is 12.3 Å². The van der Waals surface area contributed by atoms with Gasteiger partial charge in [-0.05, 0) is 68.5 Å². The summed E-state index contributed by atoms with van der Waals surface area (Å²) in [6, 6.07) is 18.5. The molecule has 0 bridgehead atoms. The number of pyridine rings is 2. The minimum Gasteiger partial charge on any atom is -0.337 e. The lowest BCUT2D eigenvalue weighted by Gasteiger charge is -2.32. The maximum Gasteiger partial charge on any atom is 0.272 e. The molecule has 1 aromatic carbocycles. The van der Waals surface area contributed by atoms with Gasteiger partial charge in [0.05, 0.1) is 0 Å². The fraction of sp³-hybridized carbons (Fsp3) is 0.320. The molecule has 0 unspecified atom stereocenters. The number of piperidine rings is 1. The predicted octanol–water partition coefficient (Wildman–Crippen LogP) is 4.70. The third kappa shape index (κ3) is 4.70. The lowest BCUT2D eigenvalue weighted by atomic mass is 9.92. The van der Waals surface area contributed by atoms with Crippen LogP contribution in [0.4, 0.5) is 0 Å². The van der Waals surface area contributed by atoms with E-state index in [0.717, 1.165) is 37.2 Å². The summed E-state index contributed by atoms with van der Waals surface area (Å²) >= 11 is 0. The number of aryl methyl sites for hydroxylation is 2. The van der Waals surface area contributed by atoms with Crippen molar-refractivity contribution in [2.24, 2.45) is 0 Å². The van der Waals surface area contributed by atoms with Crippen molar-refractivity contribution in [1.82, 2.24) is 14.9 Å². The molecule has 2 aromatic heterocycles. The van der Waals surface area contributed by atoms with Gasteiger partial charge in [-0.15, -0.1) is 0 Å². The van der Waals surface area contributed by atoms with E-state index < -0.39 is 0 Å². The molecule has 0 spiro atoms. The number of carbonyl (C=O) groups excluding carboxylic acids is 1. The van der Waals surface area contributed by atoms with E-state index in [9.17, 15) is 4.79 Å². The first-order valence-electron chi connectivity index (χ1n) is 10.3. The lowest BCUT2D eigenvalue weighted by Crippen LogP contribution is -2.39. The number of nitrogens with zero attached hydrogens (tertiary/aromatic N) is 3. The van der Waals surface area contributed by atoms with E-state index in [0.29, 0.717) is 12.2 Å². The van der Waals surface area contributed by atoms with E-state index in [-0.39, 0.29) is 11.8 Å². The van der Waals surface area contributed by atoms with E-state index in [1.165, 1.54) is 16.7 Å². The Labute approximate surface area is 172 Å². The van der Waals surface area contributed by atoms with Crippen molar-refractivity contribution >= 4 is 5.91 Å². The molecule has 1 saturated heterocycles. The summed E-state index contributed by atoms with van der Waals surface area (Å²) in [6.07, 6.45) is 4.63. The van der Waals surface area contributed by atoms with E-state index in [4.69, 9.17) is 4.98 Å². The topological polar surface area (TPSA) is 46.1 Å². The highest BCUT2D eigenvalue weighted by Gasteiger charge is 2.27. The zero-order chi connectivity index (χ0) is 20.2. The highest BCUT2D eigenvalue weighted by Crippen LogP contribution is 2.28. The normalized spacial score (nSPS) is 16.6. The Morgan fingerprint density at radius 2 is 1.97 bits per heavy atom. The van der Waals surface area contributed by atoms with Crippen LogP contribution in [0.5, 0.6) is 0 Å². The van der Waals surface area contributed by atoms with E-state index >= 15 is 0 Å². The highest BCUT2D eigenvalue weighted by molar-refractivity contribution is 5.92. The summed E-state index contributed by atoms with van der Waals surface area (Å²) in [7, 11) is 0. The largest absolute Gasteiger partial charge is 0.337 e. The van der Waals surface area contributed by atoms with Crippen LogP contribution < -0.4 is 0 Å². The molecule has 4 rings (SSSR count). The van der Waals surface area contributed by atoms with Crippen molar-refractivity contribution in [1.29, 1.82) is 0 Å². The number of hydrogen-bond donors (Lipinski definition) is 0. The Bertz CT molecular complexity index is 1000. The smallest absolute Gasteiger partial charge is 0.272 e. The van der Waals surface area contributed by atoms with Crippen LogP contribution in [0.2, 0.25) is 0 Å². The molecular formula is C25H27N3O. The first kappa shape index (κ1) is 19.3. The molecule has 4 heteroatoms. The molecule has 3 aromatic rings. The molecular weight excluding hydrogens is 358 g/mol. The lowest BCUT2D eigenvalue weighted by molar-refractivity contribution is 0.0700. The van der Waals surface area contributed by atoms with E-state index in [2.05, 4.69) is 55.2 Å². The van der Waals surface area contributed by atoms with Gasteiger partial charge in [-0.2, -0.15) is 0 Å². The molecule has 1 fully saturated rings. The third-order valence-corrected chi connectivity index (χ3v) is 5.53. The number of likely N-dealkylation sites (tertiary alicyclic amines) is 1. The quantitative estimate of drug-likeness (QED) is 0.654. The van der Waals surface area contributed by atoms with Crippen LogP contribution in [0, 0.1) is 13.8 Å². The molecule has 0 saturated carbocycles. The zero-order valence-electron chi connectivity index (χ0n) is 17.1. The SMILES string of the molecule is Cc1cccc(Cc2cc(C)nc([C@@H]3CCCN(C(=O)c4ccccn4)C3)c2)c1. The fourth-order valence-corrected chi connectivity index (χ4v) is 4.19. The molecule has 1 aliphatic rings. The second-order valence-electron chi connectivity index (χ2n) is 8.01. The number of aromatic nitrogens is 2. The van der Waals surface area contributed by atoms with Crippen molar-refractivity contribution < 1.29 is 4.79 Å². The van der Waals surface area contributed by atoms with Gasteiger partial charge in [0, 0.05) is 36.6 Å². The van der Waals surface area contributed by atoms with Gasteiger partial charge in [-0.3, -0.25) is 14.8 Å². The number of benzene rings is 1. The second kappa shape index (κ2) is 8.56. The van der Waals surface area contributed by atoms with Crippen molar-refractivity contribution in [2.75, 3.05) is 13.1 Å². The summed E-state index contributed by atoms with van der Waals surface area (Å²) < 4.78 is 0. The summed E-state index contributed by atoms with van der Waals surface area (Å²) in [5.41, 5.74) is 6.54. The number of rotatable bonds is 4. The predicted molar refractivity (Wildman–Crippen MR) is 115 cm³/mol. The van der Waals surface area contributed by atoms with Gasteiger partial charge in [0.1, 0.15) is 5.69 Å². The van der Waals surface area contributed by atoms with Crippen LogP contribution >= 0.6 is 0 Å². The molecule has 0 radical (unpaired) electrons. The summed E-state index contributed by atoms with van der Waals surface area (Å²) in [4.78, 5) is 23.8. The molecule has 0 N–H and O–H groups in total. The Balaban J connectivity index is 1.53. The van der Waals surface area contributed by atoms with Crippen molar-refractivity contribution in [2.45, 2.75) is 39.0 Å². The molecule has 1 atom stereocenters. The minimum absolute atomic E-state index is 0.0166. The van der Waals surface area contributed by atoms with Crippen molar-refractivity contribution in [3.63, 3.8) is 0 Å². The van der Waals surface area contributed by atoms with Gasteiger partial charge in [0.2, 0.25) is 0 Å². The zero-order valence-corrected chi connectivity index (χ0v) is 17.1. The van der Waals surface area contributed by atoms with Crippen LogP contribution in [0.15, 0.2) is 60.8 Å². The molecule has 148 valence electrons. The van der Waals surface area contributed by atoms with Gasteiger partial charge >= 0.3 is 0 Å². The van der Waals surface area contributed by atoms with Crippen LogP contribution in [0.3, 0.4) is 0 Å². The first-order chi connectivity index (χ1) is 14.1. The molecule has 29 heavy (non-hydrogen) atoms. The Morgan fingerprint density at radius 3 is 2.76 bits per heavy atom. The van der Waals surface area contributed by atoms with Crippen molar-refractivity contribution in [3.8, 4) is 0 Å². The standard InChI is InChI=1S/C25H27N3O/c1-18-7-5-8-20(13-18)15-21-14-19(2)27-24(16-21)22-9-6-12-28(17-22)25(29)23-10-3-4-11-26-23/h3-5,7-8,10-11,13-14,16,22H,6,9,12,15,17H2,1-2H3/t22-/m1/s1. The Kier molecular flexibility index (Phi) is 5.70. The van der Waals surface area contributed by atoms with Crippen LogP contribution in [-0.2, 0) is 6.42 Å². The summed E-state index contributed by atoms with van der Waals surface area (Å²) in [6.45, 7) is 5.68. The monoisotopic (exact) mass is 385 g/mol. The number of hydrogen-bond acceptors (Lipinski definition) is 3. The maximum atomic E-state index is 12.8. The molecule has 1 amide bonds. The molecule has 4 nitrogen and oxygen atoms in total. The molecule has 1 aliphatic heterocycles. The van der Waals surface area contributed by atoms with Gasteiger partial charge in [-0.25, -0.2) is 0 Å². The molecule has 0 aliphatic carbocycles. The number of amides is 1. The average Bonchev–Trinajstić information content (AvgIpc) is 2.73. The summed E-state index contributed by atoms with van der Waals surface area (Å²) in [5.74, 6) is 0.288. The number of carbonyl (C=O) groups is 1. The first-order valence-corrected chi connectivity index (χ1v) is 10.3. The van der Waals surface area contributed by atoms with Crippen LogP contribution in [-0.4, -0.2) is 33.9 Å². The maximum absolute atomic E-state index is 12.8. The highest BCUT2D eigenvalue weighted by atomic mass is 16.2. The fourth-order valence-electron chi connectivity index (χ4n) is 4.19. The van der Waals surface area contributed by atoms with Gasteiger partial charge < -0.3 is 4.90 Å².